The molecule has 0 aliphatic carbocycles. The molecule has 0 bridgehead atoms. The van der Waals surface area contributed by atoms with E-state index in [9.17, 15) is 13.2 Å². The van der Waals surface area contributed by atoms with Gasteiger partial charge in [0.05, 0.1) is 23.4 Å². The molecule has 1 atom stereocenters. The topological polar surface area (TPSA) is 97.8 Å². The van der Waals surface area contributed by atoms with Crippen molar-refractivity contribution in [1.29, 1.82) is 0 Å². The molecule has 1 aliphatic heterocycles. The summed E-state index contributed by atoms with van der Waals surface area (Å²) in [7, 11) is -0.567. The number of nitrogens with zero attached hydrogens (tertiary/aromatic N) is 2. The molecule has 0 saturated carbocycles. The number of nitrogens with one attached hydrogen (secondary N) is 1. The van der Waals surface area contributed by atoms with Crippen LogP contribution in [0.2, 0.25) is 0 Å². The van der Waals surface area contributed by atoms with Gasteiger partial charge in [-0.15, -0.1) is 11.3 Å². The summed E-state index contributed by atoms with van der Waals surface area (Å²) in [6.07, 6.45) is -0.536. The van der Waals surface area contributed by atoms with Crippen molar-refractivity contribution < 1.29 is 22.7 Å². The fourth-order valence-electron chi connectivity index (χ4n) is 3.05. The minimum atomic E-state index is -3.77. The van der Waals surface area contributed by atoms with Crippen molar-refractivity contribution in [2.45, 2.75) is 17.9 Å². The van der Waals surface area contributed by atoms with Crippen LogP contribution in [-0.2, 0) is 14.8 Å². The molecule has 1 N–H and O–H groups in total. The third-order valence-corrected chi connectivity index (χ3v) is 6.94. The van der Waals surface area contributed by atoms with E-state index in [1.165, 1.54) is 30.6 Å². The molecule has 10 heteroatoms. The number of methoxy groups -OCH3 is 1. The normalized spacial score (nSPS) is 16.0. The third-order valence-electron chi connectivity index (χ3n) is 4.69. The smallest absolute Gasteiger partial charge is 0.267 e. The minimum Gasteiger partial charge on any atom is -0.497 e. The first-order chi connectivity index (χ1) is 14.3. The van der Waals surface area contributed by atoms with Crippen LogP contribution in [0.3, 0.4) is 0 Å². The van der Waals surface area contributed by atoms with Crippen molar-refractivity contribution in [3.05, 3.63) is 47.8 Å². The molecule has 0 saturated heterocycles. The van der Waals surface area contributed by atoms with E-state index in [0.717, 1.165) is 5.56 Å². The lowest BCUT2D eigenvalue weighted by Crippen LogP contribution is -2.41. The fraction of sp³-hybridized carbons (Fsp3) is 0.200. The number of carbonyl (C=O) groups is 1. The number of amides is 1. The predicted octanol–water partition coefficient (Wildman–Crippen LogP) is 3.36. The Morgan fingerprint density at radius 1 is 1.20 bits per heavy atom. The van der Waals surface area contributed by atoms with E-state index in [1.54, 1.807) is 48.5 Å². The molecule has 2 heterocycles. The highest BCUT2D eigenvalue weighted by Gasteiger charge is 2.29. The van der Waals surface area contributed by atoms with Crippen molar-refractivity contribution in [3.8, 4) is 22.8 Å². The second-order valence-corrected chi connectivity index (χ2v) is 9.20. The highest BCUT2D eigenvalue weighted by molar-refractivity contribution is 7.93. The Morgan fingerprint density at radius 2 is 1.93 bits per heavy atom. The minimum absolute atomic E-state index is 0.111. The highest BCUT2D eigenvalue weighted by atomic mass is 32.2. The van der Waals surface area contributed by atoms with Crippen molar-refractivity contribution in [2.75, 3.05) is 23.8 Å². The van der Waals surface area contributed by atoms with Crippen LogP contribution < -0.4 is 19.1 Å². The Labute approximate surface area is 178 Å². The molecule has 30 heavy (non-hydrogen) atoms. The maximum Gasteiger partial charge on any atom is 0.267 e. The molecular weight excluding hydrogens is 426 g/mol. The summed E-state index contributed by atoms with van der Waals surface area (Å²) in [5.74, 6) is 1.05. The number of carbonyl (C=O) groups excluding carboxylic acids is 1. The summed E-state index contributed by atoms with van der Waals surface area (Å²) < 4.78 is 38.4. The van der Waals surface area contributed by atoms with Crippen molar-refractivity contribution in [2.24, 2.45) is 0 Å². The van der Waals surface area contributed by atoms with Gasteiger partial charge in [-0.3, -0.25) is 9.52 Å². The Kier molecular flexibility index (Phi) is 5.12. The first-order valence-electron chi connectivity index (χ1n) is 8.99. The average molecular weight is 446 g/mol. The lowest BCUT2D eigenvalue weighted by molar-refractivity contribution is -0.125. The molecule has 156 valence electrons. The van der Waals surface area contributed by atoms with Crippen LogP contribution in [0, 0.1) is 0 Å². The zero-order valence-corrected chi connectivity index (χ0v) is 18.1. The molecule has 0 radical (unpaired) electrons. The Bertz CT molecular complexity index is 1210. The van der Waals surface area contributed by atoms with E-state index in [2.05, 4.69) is 9.71 Å². The number of hydrogen-bond acceptors (Lipinski definition) is 7. The number of hydrogen-bond donors (Lipinski definition) is 1. The van der Waals surface area contributed by atoms with E-state index in [-0.39, 0.29) is 15.9 Å². The Balaban J connectivity index is 1.58. The summed E-state index contributed by atoms with van der Waals surface area (Å²) in [5.41, 5.74) is 1.98. The van der Waals surface area contributed by atoms with Gasteiger partial charge >= 0.3 is 0 Å². The van der Waals surface area contributed by atoms with Gasteiger partial charge in [-0.05, 0) is 49.4 Å². The van der Waals surface area contributed by atoms with Gasteiger partial charge in [0.2, 0.25) is 0 Å². The zero-order chi connectivity index (χ0) is 21.5. The summed E-state index contributed by atoms with van der Waals surface area (Å²) in [6.45, 7) is 1.71. The zero-order valence-electron chi connectivity index (χ0n) is 16.4. The largest absolute Gasteiger partial charge is 0.497 e. The molecule has 3 aromatic rings. The molecule has 4 rings (SSSR count). The molecule has 1 aliphatic rings. The number of likely N-dealkylation sites (N-methyl/N-ethyl adjacent to an activating group) is 1. The van der Waals surface area contributed by atoms with E-state index in [4.69, 9.17) is 9.47 Å². The molecule has 2 aromatic carbocycles. The summed E-state index contributed by atoms with van der Waals surface area (Å²) >= 11 is 1.17. The van der Waals surface area contributed by atoms with Gasteiger partial charge in [0.15, 0.2) is 11.2 Å². The average Bonchev–Trinajstić information content (AvgIpc) is 3.19. The lowest BCUT2D eigenvalue weighted by Gasteiger charge is -2.30. The highest BCUT2D eigenvalue weighted by Crippen LogP contribution is 2.37. The van der Waals surface area contributed by atoms with Crippen LogP contribution in [0.1, 0.15) is 6.92 Å². The van der Waals surface area contributed by atoms with Crippen LogP contribution in [-0.4, -0.2) is 39.6 Å². The second-order valence-electron chi connectivity index (χ2n) is 6.66. The van der Waals surface area contributed by atoms with E-state index >= 15 is 0 Å². The van der Waals surface area contributed by atoms with Gasteiger partial charge in [0.1, 0.15) is 11.5 Å². The quantitative estimate of drug-likeness (QED) is 0.647. The van der Waals surface area contributed by atoms with Crippen molar-refractivity contribution >= 4 is 38.1 Å². The first kappa shape index (κ1) is 20.2. The number of fused-ring (bicyclic) bond motifs is 1. The molecular formula is C20H19N3O5S2. The van der Waals surface area contributed by atoms with Gasteiger partial charge in [-0.1, -0.05) is 0 Å². The molecule has 1 unspecified atom stereocenters. The number of anilines is 2. The summed E-state index contributed by atoms with van der Waals surface area (Å²) in [5, 5.41) is 2.00. The number of rotatable bonds is 5. The van der Waals surface area contributed by atoms with Gasteiger partial charge in [-0.2, -0.15) is 0 Å². The van der Waals surface area contributed by atoms with Crippen molar-refractivity contribution in [1.82, 2.24) is 4.98 Å². The maximum absolute atomic E-state index is 12.6. The summed E-state index contributed by atoms with van der Waals surface area (Å²) in [6, 6.07) is 11.5. The fourth-order valence-corrected chi connectivity index (χ4v) is 5.03. The monoisotopic (exact) mass is 445 g/mol. The second kappa shape index (κ2) is 7.62. The van der Waals surface area contributed by atoms with Gasteiger partial charge in [-0.25, -0.2) is 13.4 Å². The number of ether oxygens (including phenoxy) is 2. The van der Waals surface area contributed by atoms with E-state index in [1.807, 2.05) is 6.07 Å². The Hall–Kier alpha value is -3.11. The Morgan fingerprint density at radius 3 is 2.63 bits per heavy atom. The first-order valence-corrected chi connectivity index (χ1v) is 11.4. The van der Waals surface area contributed by atoms with Gasteiger partial charge in [0.25, 0.3) is 15.9 Å². The number of aromatic nitrogens is 1. The predicted molar refractivity (Wildman–Crippen MR) is 115 cm³/mol. The molecule has 8 nitrogen and oxygen atoms in total. The van der Waals surface area contributed by atoms with E-state index < -0.39 is 16.1 Å². The van der Waals surface area contributed by atoms with Crippen LogP contribution in [0.25, 0.3) is 11.3 Å². The number of benzene rings is 2. The van der Waals surface area contributed by atoms with Crippen LogP contribution >= 0.6 is 11.3 Å². The summed E-state index contributed by atoms with van der Waals surface area (Å²) in [4.78, 5) is 18.2. The van der Waals surface area contributed by atoms with Gasteiger partial charge < -0.3 is 14.4 Å². The van der Waals surface area contributed by atoms with Crippen LogP contribution in [0.4, 0.5) is 10.8 Å². The number of sulfonamides is 1. The molecule has 0 spiro atoms. The molecule has 0 fully saturated rings. The maximum atomic E-state index is 12.6. The molecule has 1 amide bonds. The van der Waals surface area contributed by atoms with Gasteiger partial charge in [0, 0.05) is 18.0 Å². The number of thiazole rings is 1. The lowest BCUT2D eigenvalue weighted by atomic mass is 10.1. The third kappa shape index (κ3) is 3.71. The van der Waals surface area contributed by atoms with Crippen LogP contribution in [0.15, 0.2) is 52.7 Å². The van der Waals surface area contributed by atoms with Crippen LogP contribution in [0.5, 0.6) is 11.5 Å². The molecule has 1 aromatic heterocycles. The van der Waals surface area contributed by atoms with E-state index in [0.29, 0.717) is 22.9 Å². The van der Waals surface area contributed by atoms with Crippen molar-refractivity contribution in [3.63, 3.8) is 0 Å². The SMILES string of the molecule is COc1ccc(S(=O)(=O)Nc2nc(-c3ccc4c(c3)N(C)C(=O)C(C)O4)cs2)cc1. The standard InChI is InChI=1S/C20H19N3O5S2/c1-12-19(24)23(2)17-10-13(4-9-18(17)28-12)16-11-29-20(21-16)22-30(25,26)15-7-5-14(27-3)6-8-15/h4-12H,1-3H3,(H,21,22).